The monoisotopic (exact) mass is 530 g/mol. The number of rotatable bonds is 4. The predicted molar refractivity (Wildman–Crippen MR) is 124 cm³/mol. The van der Waals surface area contributed by atoms with Gasteiger partial charge in [-0.3, -0.25) is 0 Å². The van der Waals surface area contributed by atoms with Gasteiger partial charge in [0.1, 0.15) is 23.3 Å². The quantitative estimate of drug-likeness (QED) is 0.218. The van der Waals surface area contributed by atoms with Crippen LogP contribution in [0.2, 0.25) is 0 Å². The summed E-state index contributed by atoms with van der Waals surface area (Å²) in [4.78, 5) is 33.0. The molecule has 0 aromatic carbocycles. The summed E-state index contributed by atoms with van der Waals surface area (Å²) in [6.07, 6.45) is 6.97. The minimum atomic E-state index is -1.75. The van der Waals surface area contributed by atoms with Crippen molar-refractivity contribution in [3.8, 4) is 0 Å². The molecule has 0 aliphatic heterocycles. The van der Waals surface area contributed by atoms with Crippen molar-refractivity contribution in [3.63, 3.8) is 0 Å². The topological polar surface area (TPSA) is 208 Å². The van der Waals surface area contributed by atoms with E-state index in [0.29, 0.717) is 0 Å². The molecule has 4 aromatic heterocycles. The zero-order chi connectivity index (χ0) is 25.0. The maximum absolute atomic E-state index is 8.25. The van der Waals surface area contributed by atoms with Gasteiger partial charge in [0.2, 0.25) is 0 Å². The molecular formula is C20H18N8O6Zn. The zero-order valence-electron chi connectivity index (χ0n) is 18.1. The number of hydrogen-bond acceptors (Lipinski definition) is 12. The van der Waals surface area contributed by atoms with Crippen LogP contribution in [0.1, 0.15) is 0 Å². The first-order valence-electron chi connectivity index (χ1n) is 9.18. The largest absolute Gasteiger partial charge is 2.00 e. The van der Waals surface area contributed by atoms with Gasteiger partial charge < -0.3 is 41.3 Å². The van der Waals surface area contributed by atoms with Crippen LogP contribution in [-0.2, 0) is 19.5 Å². The molecule has 14 nitrogen and oxygen atoms in total. The van der Waals surface area contributed by atoms with Crippen LogP contribution in [0.25, 0.3) is 0 Å². The summed E-state index contributed by atoms with van der Waals surface area (Å²) >= 11 is 0. The third-order valence-electron chi connectivity index (χ3n) is 3.17. The Morgan fingerprint density at radius 2 is 0.686 bits per heavy atom. The first kappa shape index (κ1) is 30.2. The van der Waals surface area contributed by atoms with Gasteiger partial charge in [0.05, 0.1) is 10.2 Å². The molecule has 0 unspecified atom stereocenters. The average molecular weight is 532 g/mol. The van der Waals surface area contributed by atoms with Crippen molar-refractivity contribution in [2.45, 2.75) is 0 Å². The number of nitrogens with one attached hydrogen (secondary N) is 2. The van der Waals surface area contributed by atoms with Crippen LogP contribution >= 0.6 is 0 Å². The van der Waals surface area contributed by atoms with Crippen LogP contribution in [0.4, 0.5) is 23.3 Å². The van der Waals surface area contributed by atoms with Gasteiger partial charge in [-0.05, 0) is 48.5 Å². The van der Waals surface area contributed by atoms with Crippen molar-refractivity contribution >= 4 is 23.3 Å². The molecular weight excluding hydrogens is 514 g/mol. The van der Waals surface area contributed by atoms with Crippen molar-refractivity contribution < 1.29 is 29.7 Å². The molecule has 0 aliphatic rings. The minimum absolute atomic E-state index is 0. The second-order valence-electron chi connectivity index (χ2n) is 5.56. The van der Waals surface area contributed by atoms with E-state index >= 15 is 0 Å². The molecule has 0 aliphatic carbocycles. The van der Waals surface area contributed by atoms with Crippen molar-refractivity contribution in [2.75, 3.05) is 10.6 Å². The summed E-state index contributed by atoms with van der Waals surface area (Å²) in [5.41, 5.74) is 0. The molecule has 0 atom stereocenters. The van der Waals surface area contributed by atoms with Gasteiger partial charge >= 0.3 is 19.5 Å². The minimum Gasteiger partial charge on any atom is -0.356 e. The standard InChI is InChI=1S/2C10H9N3.2NO3.Zn/c2*1-3-7-11-9(5-1)13-10-6-2-4-8-12-10;2*2-1(3)4;/h2*1-8H,(H,11,12,13);;;/q;;2*-1;+2. The fourth-order valence-corrected chi connectivity index (χ4v) is 2.01. The van der Waals surface area contributed by atoms with E-state index < -0.39 is 10.2 Å². The SMILES string of the molecule is O=[N+]([O-])[O-].O=[N+]([O-])[O-].[Zn+2].c1ccc(Nc2ccccn2)nc1.c1ccc(Nc2ccccn2)nc1. The molecule has 4 aromatic rings. The summed E-state index contributed by atoms with van der Waals surface area (Å²) in [5, 5.41) is 35.7. The molecule has 0 saturated heterocycles. The second-order valence-corrected chi connectivity index (χ2v) is 5.56. The third kappa shape index (κ3) is 17.5. The molecule has 0 radical (unpaired) electrons. The van der Waals surface area contributed by atoms with Gasteiger partial charge in [-0.15, -0.1) is 0 Å². The normalized spacial score (nSPS) is 8.46. The number of aromatic nitrogens is 4. The van der Waals surface area contributed by atoms with Crippen LogP contribution < -0.4 is 10.6 Å². The van der Waals surface area contributed by atoms with Crippen molar-refractivity contribution in [3.05, 3.63) is 128 Å². The Morgan fingerprint density at radius 3 is 0.829 bits per heavy atom. The van der Waals surface area contributed by atoms with Gasteiger partial charge in [-0.2, -0.15) is 0 Å². The van der Waals surface area contributed by atoms with E-state index in [1.165, 1.54) is 0 Å². The molecule has 2 N–H and O–H groups in total. The first-order chi connectivity index (χ1) is 16.4. The van der Waals surface area contributed by atoms with Gasteiger partial charge in [0.25, 0.3) is 0 Å². The Hall–Kier alpha value is -4.78. The number of hydrogen-bond donors (Lipinski definition) is 2. The fourth-order valence-electron chi connectivity index (χ4n) is 2.01. The number of anilines is 4. The second kappa shape index (κ2) is 18.8. The molecule has 0 bridgehead atoms. The molecule has 0 amide bonds. The molecule has 176 valence electrons. The van der Waals surface area contributed by atoms with Crippen LogP contribution in [0.3, 0.4) is 0 Å². The smallest absolute Gasteiger partial charge is 0.356 e. The van der Waals surface area contributed by atoms with Gasteiger partial charge in [-0.1, -0.05) is 24.3 Å². The molecule has 0 saturated carbocycles. The van der Waals surface area contributed by atoms with Crippen LogP contribution in [0, 0.1) is 30.6 Å². The number of nitrogens with zero attached hydrogens (tertiary/aromatic N) is 6. The Kier molecular flexibility index (Phi) is 16.2. The van der Waals surface area contributed by atoms with E-state index in [1.807, 2.05) is 72.8 Å². The summed E-state index contributed by atoms with van der Waals surface area (Å²) in [7, 11) is 0. The maximum atomic E-state index is 8.25. The van der Waals surface area contributed by atoms with Crippen LogP contribution in [-0.4, -0.2) is 30.1 Å². The summed E-state index contributed by atoms with van der Waals surface area (Å²) in [6.45, 7) is 0. The van der Waals surface area contributed by atoms with E-state index in [9.17, 15) is 0 Å². The van der Waals surface area contributed by atoms with E-state index in [0.717, 1.165) is 23.3 Å². The van der Waals surface area contributed by atoms with Crippen LogP contribution in [0.15, 0.2) is 97.6 Å². The van der Waals surface area contributed by atoms with Gasteiger partial charge in [0, 0.05) is 24.8 Å². The maximum Gasteiger partial charge on any atom is 2.00 e. The van der Waals surface area contributed by atoms with Crippen molar-refractivity contribution in [1.82, 2.24) is 19.9 Å². The van der Waals surface area contributed by atoms with Crippen LogP contribution in [0.5, 0.6) is 0 Å². The van der Waals surface area contributed by atoms with Crippen molar-refractivity contribution in [1.29, 1.82) is 0 Å². The van der Waals surface area contributed by atoms with E-state index in [2.05, 4.69) is 30.6 Å². The number of pyridine rings is 4. The first-order valence-corrected chi connectivity index (χ1v) is 9.18. The van der Waals surface area contributed by atoms with E-state index in [4.69, 9.17) is 30.6 Å². The third-order valence-corrected chi connectivity index (χ3v) is 3.17. The summed E-state index contributed by atoms with van der Waals surface area (Å²) in [6, 6.07) is 22.8. The zero-order valence-corrected chi connectivity index (χ0v) is 21.0. The molecule has 35 heavy (non-hydrogen) atoms. The molecule has 0 fully saturated rings. The molecule has 15 heteroatoms. The van der Waals surface area contributed by atoms with E-state index in [-0.39, 0.29) is 19.5 Å². The summed E-state index contributed by atoms with van der Waals surface area (Å²) in [5.74, 6) is 3.23. The molecule has 0 spiro atoms. The predicted octanol–water partition coefficient (Wildman–Crippen LogP) is 3.96. The Balaban J connectivity index is 0.000000499. The molecule has 4 rings (SSSR count). The Labute approximate surface area is 211 Å². The van der Waals surface area contributed by atoms with Gasteiger partial charge in [0.15, 0.2) is 0 Å². The van der Waals surface area contributed by atoms with Gasteiger partial charge in [-0.25, -0.2) is 19.9 Å². The molecule has 4 heterocycles. The average Bonchev–Trinajstić information content (AvgIpc) is 2.82. The summed E-state index contributed by atoms with van der Waals surface area (Å²) < 4.78 is 0. The van der Waals surface area contributed by atoms with Crippen molar-refractivity contribution in [2.24, 2.45) is 0 Å². The Morgan fingerprint density at radius 1 is 0.486 bits per heavy atom. The Bertz CT molecular complexity index is 912. The van der Waals surface area contributed by atoms with E-state index in [1.54, 1.807) is 24.8 Å². The fraction of sp³-hybridized carbons (Fsp3) is 0.